The Morgan fingerprint density at radius 3 is 2.67 bits per heavy atom. The van der Waals surface area contributed by atoms with Crippen LogP contribution in [0, 0.1) is 5.92 Å². The second kappa shape index (κ2) is 5.77. The number of benzene rings is 1. The first-order valence-corrected chi connectivity index (χ1v) is 6.85. The quantitative estimate of drug-likeness (QED) is 0.854. The lowest BCUT2D eigenvalue weighted by Gasteiger charge is -2.15. The van der Waals surface area contributed by atoms with E-state index in [2.05, 4.69) is 32.2 Å². The number of fused-ring (bicyclic) bond motifs is 1. The maximum atomic E-state index is 6.15. The number of hydrogen-bond donors (Lipinski definition) is 1. The Morgan fingerprint density at radius 2 is 1.94 bits per heavy atom. The molecule has 2 nitrogen and oxygen atoms in total. The lowest BCUT2D eigenvalue weighted by atomic mass is 10.0. The van der Waals surface area contributed by atoms with Crippen molar-refractivity contribution in [1.29, 1.82) is 0 Å². The summed E-state index contributed by atoms with van der Waals surface area (Å²) in [6, 6.07) is 8.45. The predicted molar refractivity (Wildman–Crippen MR) is 77.0 cm³/mol. The first-order chi connectivity index (χ1) is 8.58. The van der Waals surface area contributed by atoms with Crippen LogP contribution in [0.3, 0.4) is 0 Å². The molecular weight excluding hydrogens is 246 g/mol. The average Bonchev–Trinajstić information content (AvgIpc) is 2.61. The second-order valence-corrected chi connectivity index (χ2v) is 5.61. The van der Waals surface area contributed by atoms with Crippen LogP contribution < -0.4 is 5.32 Å². The van der Waals surface area contributed by atoms with Gasteiger partial charge in [-0.15, -0.1) is 0 Å². The molecule has 0 fully saturated rings. The van der Waals surface area contributed by atoms with Gasteiger partial charge in [0.1, 0.15) is 5.58 Å². The van der Waals surface area contributed by atoms with Gasteiger partial charge in [-0.05, 0) is 36.9 Å². The molecule has 1 heterocycles. The van der Waals surface area contributed by atoms with E-state index < -0.39 is 0 Å². The highest BCUT2D eigenvalue weighted by Crippen LogP contribution is 2.29. The molecule has 0 amide bonds. The van der Waals surface area contributed by atoms with Gasteiger partial charge in [0.2, 0.25) is 0 Å². The van der Waals surface area contributed by atoms with Crippen LogP contribution in [0.4, 0.5) is 0 Å². The van der Waals surface area contributed by atoms with Crippen molar-refractivity contribution in [3.8, 4) is 0 Å². The Balaban J connectivity index is 2.09. The van der Waals surface area contributed by atoms with Crippen molar-refractivity contribution < 1.29 is 4.42 Å². The molecule has 98 valence electrons. The molecule has 0 aliphatic heterocycles. The second-order valence-electron chi connectivity index (χ2n) is 5.26. The minimum Gasteiger partial charge on any atom is -0.444 e. The summed E-state index contributed by atoms with van der Waals surface area (Å²) in [4.78, 5) is 0. The van der Waals surface area contributed by atoms with E-state index in [0.29, 0.717) is 17.2 Å². The fraction of sp³-hybridized carbons (Fsp3) is 0.467. The summed E-state index contributed by atoms with van der Waals surface area (Å²) in [5.41, 5.74) is 1.92. The summed E-state index contributed by atoms with van der Waals surface area (Å²) >= 11 is 6.15. The average molecular weight is 266 g/mol. The summed E-state index contributed by atoms with van der Waals surface area (Å²) < 4.78 is 5.54. The molecule has 0 aliphatic rings. The lowest BCUT2D eigenvalue weighted by Crippen LogP contribution is -2.26. The normalized spacial score (nSPS) is 13.4. The molecule has 1 atom stereocenters. The monoisotopic (exact) mass is 265 g/mol. The molecule has 18 heavy (non-hydrogen) atoms. The van der Waals surface area contributed by atoms with E-state index in [0.717, 1.165) is 29.5 Å². The Morgan fingerprint density at radius 1 is 1.22 bits per heavy atom. The van der Waals surface area contributed by atoms with Crippen LogP contribution in [-0.4, -0.2) is 6.04 Å². The molecule has 3 heteroatoms. The minimum atomic E-state index is 0.481. The number of halogens is 1. The van der Waals surface area contributed by atoms with E-state index in [-0.39, 0.29) is 0 Å². The van der Waals surface area contributed by atoms with E-state index in [9.17, 15) is 0 Å². The Kier molecular flexibility index (Phi) is 4.31. The van der Waals surface area contributed by atoms with E-state index in [1.807, 2.05) is 18.2 Å². The van der Waals surface area contributed by atoms with E-state index in [1.165, 1.54) is 0 Å². The third-order valence-electron chi connectivity index (χ3n) is 3.10. The molecule has 1 aromatic heterocycles. The third kappa shape index (κ3) is 3.06. The fourth-order valence-corrected chi connectivity index (χ4v) is 2.55. The molecule has 0 radical (unpaired) electrons. The molecule has 1 aromatic carbocycles. The summed E-state index contributed by atoms with van der Waals surface area (Å²) in [7, 11) is 0. The SMILES string of the molecule is CC(C)CC(C)NCc1c(Cl)oc2ccccc12. The zero-order chi connectivity index (χ0) is 13.1. The van der Waals surface area contributed by atoms with Gasteiger partial charge in [0.05, 0.1) is 0 Å². The van der Waals surface area contributed by atoms with E-state index in [1.54, 1.807) is 0 Å². The zero-order valence-corrected chi connectivity index (χ0v) is 11.9. The van der Waals surface area contributed by atoms with Crippen LogP contribution in [-0.2, 0) is 6.54 Å². The fourth-order valence-electron chi connectivity index (χ4n) is 2.30. The van der Waals surface area contributed by atoms with Crippen molar-refractivity contribution in [2.75, 3.05) is 0 Å². The van der Waals surface area contributed by atoms with Crippen molar-refractivity contribution in [2.45, 2.75) is 39.8 Å². The number of nitrogens with one attached hydrogen (secondary N) is 1. The lowest BCUT2D eigenvalue weighted by molar-refractivity contribution is 0.441. The first kappa shape index (κ1) is 13.4. The number of furan rings is 1. The van der Waals surface area contributed by atoms with Gasteiger partial charge in [-0.25, -0.2) is 0 Å². The van der Waals surface area contributed by atoms with Crippen LogP contribution >= 0.6 is 11.6 Å². The Bertz CT molecular complexity index is 518. The summed E-state index contributed by atoms with van der Waals surface area (Å²) in [6.07, 6.45) is 1.16. The molecule has 0 spiro atoms. The molecule has 0 saturated heterocycles. The zero-order valence-electron chi connectivity index (χ0n) is 11.2. The van der Waals surface area contributed by atoms with Gasteiger partial charge in [-0.2, -0.15) is 0 Å². The highest BCUT2D eigenvalue weighted by atomic mass is 35.5. The summed E-state index contributed by atoms with van der Waals surface area (Å²) in [6.45, 7) is 7.43. The highest BCUT2D eigenvalue weighted by Gasteiger charge is 2.13. The minimum absolute atomic E-state index is 0.481. The van der Waals surface area contributed by atoms with Gasteiger partial charge < -0.3 is 9.73 Å². The molecule has 0 bridgehead atoms. The van der Waals surface area contributed by atoms with Crippen molar-refractivity contribution >= 4 is 22.6 Å². The van der Waals surface area contributed by atoms with Crippen molar-refractivity contribution in [3.63, 3.8) is 0 Å². The van der Waals surface area contributed by atoms with Gasteiger partial charge in [-0.3, -0.25) is 0 Å². The van der Waals surface area contributed by atoms with Crippen LogP contribution in [0.1, 0.15) is 32.8 Å². The molecule has 0 aliphatic carbocycles. The van der Waals surface area contributed by atoms with Crippen molar-refractivity contribution in [2.24, 2.45) is 5.92 Å². The van der Waals surface area contributed by atoms with Gasteiger partial charge in [0, 0.05) is 23.5 Å². The number of para-hydroxylation sites is 1. The largest absolute Gasteiger partial charge is 0.444 e. The molecule has 2 aromatic rings. The number of rotatable bonds is 5. The van der Waals surface area contributed by atoms with Crippen LogP contribution in [0.5, 0.6) is 0 Å². The summed E-state index contributed by atoms with van der Waals surface area (Å²) in [5, 5.41) is 5.11. The maximum Gasteiger partial charge on any atom is 0.199 e. The topological polar surface area (TPSA) is 25.2 Å². The molecule has 1 unspecified atom stereocenters. The molecular formula is C15H20ClNO. The van der Waals surface area contributed by atoms with E-state index in [4.69, 9.17) is 16.0 Å². The number of hydrogen-bond acceptors (Lipinski definition) is 2. The third-order valence-corrected chi connectivity index (χ3v) is 3.41. The van der Waals surface area contributed by atoms with Crippen LogP contribution in [0.25, 0.3) is 11.0 Å². The smallest absolute Gasteiger partial charge is 0.199 e. The first-order valence-electron chi connectivity index (χ1n) is 6.47. The van der Waals surface area contributed by atoms with Gasteiger partial charge in [-0.1, -0.05) is 32.0 Å². The highest BCUT2D eigenvalue weighted by molar-refractivity contribution is 6.30. The molecule has 2 rings (SSSR count). The Labute approximate surface area is 113 Å². The maximum absolute atomic E-state index is 6.15. The summed E-state index contributed by atoms with van der Waals surface area (Å²) in [5.74, 6) is 0.698. The predicted octanol–water partition coefficient (Wildman–Crippen LogP) is 4.61. The van der Waals surface area contributed by atoms with E-state index >= 15 is 0 Å². The van der Waals surface area contributed by atoms with Gasteiger partial charge in [0.15, 0.2) is 5.22 Å². The van der Waals surface area contributed by atoms with Crippen molar-refractivity contribution in [1.82, 2.24) is 5.32 Å². The van der Waals surface area contributed by atoms with Crippen molar-refractivity contribution in [3.05, 3.63) is 35.0 Å². The molecule has 0 saturated carbocycles. The van der Waals surface area contributed by atoms with Gasteiger partial charge >= 0.3 is 0 Å². The van der Waals surface area contributed by atoms with Gasteiger partial charge in [0.25, 0.3) is 0 Å². The Hall–Kier alpha value is -0.990. The van der Waals surface area contributed by atoms with Crippen LogP contribution in [0.15, 0.2) is 28.7 Å². The van der Waals surface area contributed by atoms with Crippen LogP contribution in [0.2, 0.25) is 5.22 Å². The molecule has 1 N–H and O–H groups in total. The standard InChI is InChI=1S/C15H20ClNO/c1-10(2)8-11(3)17-9-13-12-6-4-5-7-14(12)18-15(13)16/h4-7,10-11,17H,8-9H2,1-3H3.